The molecule has 0 aliphatic carbocycles. The van der Waals surface area contributed by atoms with Crippen molar-refractivity contribution in [2.45, 2.75) is 24.0 Å². The Morgan fingerprint density at radius 3 is 2.56 bits per heavy atom. The zero-order valence-electron chi connectivity index (χ0n) is 17.3. The molecule has 1 unspecified atom stereocenters. The third-order valence-electron chi connectivity index (χ3n) is 4.91. The van der Waals surface area contributed by atoms with Gasteiger partial charge in [0.05, 0.1) is 12.9 Å². The smallest absolute Gasteiger partial charge is 0.321 e. The molecular weight excluding hydrogens is 430 g/mol. The number of ether oxygens (including phenoxy) is 1. The minimum absolute atomic E-state index is 0.0435. The number of imide groups is 1. The van der Waals surface area contributed by atoms with Crippen LogP contribution in [0.1, 0.15) is 22.6 Å². The van der Waals surface area contributed by atoms with Crippen molar-refractivity contribution in [3.05, 3.63) is 66.0 Å². The lowest BCUT2D eigenvalue weighted by Crippen LogP contribution is -2.53. The second-order valence-corrected chi connectivity index (χ2v) is 8.08. The number of methoxy groups -OCH3 is 1. The summed E-state index contributed by atoms with van der Waals surface area (Å²) >= 11 is 1.28. The largest absolute Gasteiger partial charge is 0.497 e. The number of ketones is 1. The van der Waals surface area contributed by atoms with Gasteiger partial charge < -0.3 is 10.1 Å². The van der Waals surface area contributed by atoms with E-state index in [1.54, 1.807) is 31.4 Å². The molecule has 164 valence electrons. The van der Waals surface area contributed by atoms with E-state index in [1.165, 1.54) is 11.8 Å². The topological polar surface area (TPSA) is 115 Å². The number of para-hydroxylation sites is 1. The minimum Gasteiger partial charge on any atom is -0.497 e. The van der Waals surface area contributed by atoms with Crippen molar-refractivity contribution in [2.75, 3.05) is 12.9 Å². The Morgan fingerprint density at radius 2 is 1.88 bits per heavy atom. The first kappa shape index (κ1) is 21.6. The van der Waals surface area contributed by atoms with Crippen LogP contribution >= 0.6 is 11.8 Å². The molecule has 32 heavy (non-hydrogen) atoms. The molecule has 1 saturated heterocycles. The van der Waals surface area contributed by atoms with Crippen LogP contribution in [0.3, 0.4) is 0 Å². The van der Waals surface area contributed by atoms with Crippen molar-refractivity contribution in [3.8, 4) is 11.4 Å². The van der Waals surface area contributed by atoms with Gasteiger partial charge in [-0.3, -0.25) is 19.5 Å². The Labute approximate surface area is 188 Å². The van der Waals surface area contributed by atoms with E-state index < -0.39 is 6.03 Å². The van der Waals surface area contributed by atoms with Crippen molar-refractivity contribution in [3.63, 3.8) is 0 Å². The second-order valence-electron chi connectivity index (χ2n) is 7.14. The van der Waals surface area contributed by atoms with E-state index in [2.05, 4.69) is 20.8 Å². The molecule has 2 aromatic carbocycles. The van der Waals surface area contributed by atoms with Gasteiger partial charge in [0, 0.05) is 30.1 Å². The number of nitrogens with zero attached hydrogens (tertiary/aromatic N) is 3. The Morgan fingerprint density at radius 1 is 1.12 bits per heavy atom. The molecule has 0 bridgehead atoms. The Kier molecular flexibility index (Phi) is 6.50. The van der Waals surface area contributed by atoms with E-state index in [0.29, 0.717) is 28.7 Å². The highest BCUT2D eigenvalue weighted by molar-refractivity contribution is 7.99. The molecule has 1 aliphatic heterocycles. The highest BCUT2D eigenvalue weighted by atomic mass is 32.2. The first-order valence-electron chi connectivity index (χ1n) is 9.93. The van der Waals surface area contributed by atoms with Crippen LogP contribution in [0.4, 0.5) is 4.79 Å². The molecule has 1 aliphatic rings. The lowest BCUT2D eigenvalue weighted by molar-refractivity contribution is -0.121. The standard InChI is InChI=1S/C22H21N5O4S/c1-31-17-9-7-14(8-10-17)18(28)13-32-22-26-25-19(27(22)16-5-3-2-4-6-16)11-15-12-20(29)24-21(30)23-15/h2-10,15H,11-13H2,1H3,(H2,23,24,29,30). The Bertz CT molecular complexity index is 1110. The summed E-state index contributed by atoms with van der Waals surface area (Å²) in [6.07, 6.45) is 0.486. The van der Waals surface area contributed by atoms with Crippen LogP contribution in [0, 0.1) is 0 Å². The van der Waals surface area contributed by atoms with Crippen molar-refractivity contribution < 1.29 is 19.1 Å². The normalized spacial score (nSPS) is 15.7. The number of urea groups is 1. The van der Waals surface area contributed by atoms with E-state index in [-0.39, 0.29) is 29.9 Å². The third-order valence-corrected chi connectivity index (χ3v) is 5.84. The number of Topliss-reactive ketones (excluding diaryl/α,β-unsaturated/α-hetero) is 1. The fourth-order valence-corrected chi connectivity index (χ4v) is 4.24. The molecule has 1 aromatic heterocycles. The average Bonchev–Trinajstić information content (AvgIpc) is 3.19. The van der Waals surface area contributed by atoms with Gasteiger partial charge in [-0.2, -0.15) is 0 Å². The first-order chi connectivity index (χ1) is 15.5. The van der Waals surface area contributed by atoms with Gasteiger partial charge in [-0.05, 0) is 36.4 Å². The number of hydrogen-bond acceptors (Lipinski definition) is 7. The minimum atomic E-state index is -0.517. The average molecular weight is 452 g/mol. The molecule has 10 heteroatoms. The number of nitrogens with one attached hydrogen (secondary N) is 2. The summed E-state index contributed by atoms with van der Waals surface area (Å²) < 4.78 is 6.98. The molecule has 2 heterocycles. The molecule has 1 fully saturated rings. The highest BCUT2D eigenvalue weighted by Gasteiger charge is 2.27. The molecule has 1 atom stereocenters. The molecule has 0 spiro atoms. The number of carbonyl (C=O) groups excluding carboxylic acids is 3. The number of hydrogen-bond donors (Lipinski definition) is 2. The maximum atomic E-state index is 12.7. The number of amides is 3. The molecule has 9 nitrogen and oxygen atoms in total. The van der Waals surface area contributed by atoms with Crippen molar-refractivity contribution >= 4 is 29.5 Å². The van der Waals surface area contributed by atoms with E-state index >= 15 is 0 Å². The van der Waals surface area contributed by atoms with Crippen LogP contribution < -0.4 is 15.4 Å². The fourth-order valence-electron chi connectivity index (χ4n) is 3.37. The second kappa shape index (κ2) is 9.65. The predicted octanol–water partition coefficient (Wildman–Crippen LogP) is 2.39. The van der Waals surface area contributed by atoms with Crippen molar-refractivity contribution in [2.24, 2.45) is 0 Å². The summed E-state index contributed by atoms with van der Waals surface area (Å²) in [5, 5.41) is 14.1. The van der Waals surface area contributed by atoms with Crippen LogP contribution in [-0.4, -0.2) is 51.4 Å². The first-order valence-corrected chi connectivity index (χ1v) is 10.9. The maximum Gasteiger partial charge on any atom is 0.321 e. The fraction of sp³-hybridized carbons (Fsp3) is 0.227. The van der Waals surface area contributed by atoms with E-state index in [0.717, 1.165) is 5.69 Å². The summed E-state index contributed by atoms with van der Waals surface area (Å²) in [6, 6.07) is 15.6. The van der Waals surface area contributed by atoms with Crippen LogP contribution in [0.2, 0.25) is 0 Å². The molecule has 0 radical (unpaired) electrons. The van der Waals surface area contributed by atoms with Crippen LogP contribution in [0.5, 0.6) is 5.75 Å². The summed E-state index contributed by atoms with van der Waals surface area (Å²) in [7, 11) is 1.58. The van der Waals surface area contributed by atoms with Crippen molar-refractivity contribution in [1.29, 1.82) is 0 Å². The highest BCUT2D eigenvalue weighted by Crippen LogP contribution is 2.24. The van der Waals surface area contributed by atoms with Gasteiger partial charge >= 0.3 is 6.03 Å². The lowest BCUT2D eigenvalue weighted by atomic mass is 10.1. The van der Waals surface area contributed by atoms with Gasteiger partial charge in [0.15, 0.2) is 10.9 Å². The number of aromatic nitrogens is 3. The predicted molar refractivity (Wildman–Crippen MR) is 118 cm³/mol. The summed E-state index contributed by atoms with van der Waals surface area (Å²) in [5.74, 6) is 1.09. The molecule has 3 amide bonds. The van der Waals surface area contributed by atoms with E-state index in [1.807, 2.05) is 34.9 Å². The van der Waals surface area contributed by atoms with Gasteiger partial charge in [-0.1, -0.05) is 30.0 Å². The van der Waals surface area contributed by atoms with Gasteiger partial charge in [0.2, 0.25) is 5.91 Å². The summed E-state index contributed by atoms with van der Waals surface area (Å²) in [6.45, 7) is 0. The van der Waals surface area contributed by atoms with Gasteiger partial charge in [-0.25, -0.2) is 4.79 Å². The van der Waals surface area contributed by atoms with Crippen molar-refractivity contribution in [1.82, 2.24) is 25.4 Å². The van der Waals surface area contributed by atoms with Gasteiger partial charge in [-0.15, -0.1) is 10.2 Å². The lowest BCUT2D eigenvalue weighted by Gasteiger charge is -2.23. The van der Waals surface area contributed by atoms with Gasteiger partial charge in [0.1, 0.15) is 11.6 Å². The Hall–Kier alpha value is -3.66. The molecule has 2 N–H and O–H groups in total. The molecule has 0 saturated carbocycles. The number of carbonyl (C=O) groups is 3. The Balaban J connectivity index is 1.54. The summed E-state index contributed by atoms with van der Waals surface area (Å²) in [5.41, 5.74) is 1.42. The number of thioether (sulfide) groups is 1. The molecular formula is C22H21N5O4S. The zero-order chi connectivity index (χ0) is 22.5. The van der Waals surface area contributed by atoms with Crippen LogP contribution in [0.25, 0.3) is 5.69 Å². The molecule has 3 aromatic rings. The van der Waals surface area contributed by atoms with Gasteiger partial charge in [0.25, 0.3) is 0 Å². The summed E-state index contributed by atoms with van der Waals surface area (Å²) in [4.78, 5) is 36.0. The van der Waals surface area contributed by atoms with Crippen LogP contribution in [0.15, 0.2) is 59.8 Å². The quantitative estimate of drug-likeness (QED) is 0.399. The van der Waals surface area contributed by atoms with E-state index in [9.17, 15) is 14.4 Å². The molecule has 4 rings (SSSR count). The SMILES string of the molecule is COc1ccc(C(=O)CSc2nnc(CC3CC(=O)NC(=O)N3)n2-c2ccccc2)cc1. The third kappa shape index (κ3) is 4.97. The van der Waals surface area contributed by atoms with Crippen LogP contribution in [-0.2, 0) is 11.2 Å². The number of rotatable bonds is 8. The van der Waals surface area contributed by atoms with E-state index in [4.69, 9.17) is 4.74 Å². The zero-order valence-corrected chi connectivity index (χ0v) is 18.1. The maximum absolute atomic E-state index is 12.7. The monoisotopic (exact) mass is 451 g/mol. The number of benzene rings is 2.